The van der Waals surface area contributed by atoms with Crippen molar-refractivity contribution in [3.05, 3.63) is 48.4 Å². The molecule has 1 unspecified atom stereocenters. The van der Waals surface area contributed by atoms with Crippen LogP contribution in [-0.2, 0) is 9.59 Å². The van der Waals surface area contributed by atoms with Gasteiger partial charge in [0.25, 0.3) is 0 Å². The predicted octanol–water partition coefficient (Wildman–Crippen LogP) is 2.70. The molecule has 4 rings (SSSR count). The number of amides is 2. The molecule has 0 radical (unpaired) electrons. The summed E-state index contributed by atoms with van der Waals surface area (Å²) in [6.07, 6.45) is 8.25. The molecule has 0 bridgehead atoms. The van der Waals surface area contributed by atoms with E-state index in [0.29, 0.717) is 6.42 Å². The summed E-state index contributed by atoms with van der Waals surface area (Å²) in [4.78, 5) is 37.3. The zero-order valence-electron chi connectivity index (χ0n) is 16.8. The van der Waals surface area contributed by atoms with Crippen molar-refractivity contribution in [2.24, 2.45) is 5.92 Å². The highest BCUT2D eigenvalue weighted by molar-refractivity contribution is 5.95. The maximum Gasteiger partial charge on any atom is 0.227 e. The first-order chi connectivity index (χ1) is 14.1. The Morgan fingerprint density at radius 3 is 2.72 bits per heavy atom. The molecule has 0 spiro atoms. The number of nitrogens with zero attached hydrogens (tertiary/aromatic N) is 4. The molecule has 2 amide bonds. The van der Waals surface area contributed by atoms with Crippen LogP contribution in [-0.4, -0.2) is 41.4 Å². The van der Waals surface area contributed by atoms with Gasteiger partial charge in [0.05, 0.1) is 12.2 Å². The molecule has 0 aliphatic carbocycles. The second-order valence-corrected chi connectivity index (χ2v) is 7.80. The van der Waals surface area contributed by atoms with E-state index in [1.807, 2.05) is 36.1 Å². The van der Waals surface area contributed by atoms with E-state index in [1.54, 1.807) is 18.6 Å². The number of nitrogens with one attached hydrogen (secondary N) is 1. The summed E-state index contributed by atoms with van der Waals surface area (Å²) in [6, 6.07) is 7.84. The predicted molar refractivity (Wildman–Crippen MR) is 112 cm³/mol. The Kier molecular flexibility index (Phi) is 5.74. The van der Waals surface area contributed by atoms with Gasteiger partial charge in [0, 0.05) is 50.1 Å². The van der Waals surface area contributed by atoms with E-state index in [4.69, 9.17) is 0 Å². The van der Waals surface area contributed by atoms with Gasteiger partial charge in [-0.2, -0.15) is 0 Å². The van der Waals surface area contributed by atoms with Crippen molar-refractivity contribution in [3.63, 3.8) is 0 Å². The summed E-state index contributed by atoms with van der Waals surface area (Å²) in [5.74, 6) is 1.15. The van der Waals surface area contributed by atoms with Gasteiger partial charge in [0.2, 0.25) is 11.8 Å². The van der Waals surface area contributed by atoms with Crippen LogP contribution in [0.5, 0.6) is 0 Å². The third-order valence-corrected chi connectivity index (χ3v) is 5.85. The fourth-order valence-electron chi connectivity index (χ4n) is 4.12. The lowest BCUT2D eigenvalue weighted by Gasteiger charge is -2.32. The number of aromatic nitrogens is 2. The van der Waals surface area contributed by atoms with E-state index < -0.39 is 0 Å². The highest BCUT2D eigenvalue weighted by Crippen LogP contribution is 2.26. The monoisotopic (exact) mass is 393 g/mol. The Hall–Kier alpha value is -2.96. The molecule has 2 fully saturated rings. The van der Waals surface area contributed by atoms with Crippen LogP contribution in [0.25, 0.3) is 0 Å². The van der Waals surface area contributed by atoms with Crippen molar-refractivity contribution in [1.82, 2.24) is 15.3 Å². The van der Waals surface area contributed by atoms with Gasteiger partial charge in [-0.15, -0.1) is 0 Å². The summed E-state index contributed by atoms with van der Waals surface area (Å²) >= 11 is 0. The molecule has 2 aliphatic rings. The van der Waals surface area contributed by atoms with Crippen LogP contribution in [0.1, 0.15) is 44.2 Å². The van der Waals surface area contributed by atoms with Gasteiger partial charge in [-0.1, -0.05) is 12.1 Å². The molecule has 1 atom stereocenters. The van der Waals surface area contributed by atoms with E-state index in [1.165, 1.54) is 0 Å². The second-order valence-electron chi connectivity index (χ2n) is 7.80. The lowest BCUT2D eigenvalue weighted by Crippen LogP contribution is -2.41. The first kappa shape index (κ1) is 19.4. The molecule has 29 heavy (non-hydrogen) atoms. The summed E-state index contributed by atoms with van der Waals surface area (Å²) in [5, 5.41) is 3.16. The van der Waals surface area contributed by atoms with Crippen molar-refractivity contribution in [2.75, 3.05) is 29.4 Å². The third kappa shape index (κ3) is 4.39. The van der Waals surface area contributed by atoms with Gasteiger partial charge in [-0.3, -0.25) is 14.6 Å². The van der Waals surface area contributed by atoms with Gasteiger partial charge in [0.1, 0.15) is 5.82 Å². The Labute approximate surface area is 171 Å². The van der Waals surface area contributed by atoms with E-state index >= 15 is 0 Å². The third-order valence-electron chi connectivity index (χ3n) is 5.85. The molecule has 7 heteroatoms. The van der Waals surface area contributed by atoms with Crippen LogP contribution in [0.2, 0.25) is 0 Å². The molecule has 1 N–H and O–H groups in total. The largest absolute Gasteiger partial charge is 0.355 e. The smallest absolute Gasteiger partial charge is 0.227 e. The molecule has 152 valence electrons. The molecule has 0 saturated carbocycles. The van der Waals surface area contributed by atoms with Crippen LogP contribution >= 0.6 is 0 Å². The first-order valence-corrected chi connectivity index (χ1v) is 10.3. The number of anilines is 2. The molecule has 1 aromatic heterocycles. The van der Waals surface area contributed by atoms with Crippen LogP contribution in [0, 0.1) is 5.92 Å². The van der Waals surface area contributed by atoms with Gasteiger partial charge >= 0.3 is 0 Å². The normalized spacial score (nSPS) is 18.7. The average Bonchev–Trinajstić information content (AvgIpc) is 3.20. The van der Waals surface area contributed by atoms with E-state index in [-0.39, 0.29) is 23.8 Å². The molecule has 1 aromatic carbocycles. The van der Waals surface area contributed by atoms with Crippen molar-refractivity contribution < 1.29 is 9.59 Å². The van der Waals surface area contributed by atoms with Crippen LogP contribution in [0.3, 0.4) is 0 Å². The number of hydrogen-bond acceptors (Lipinski definition) is 5. The first-order valence-electron chi connectivity index (χ1n) is 10.3. The van der Waals surface area contributed by atoms with Crippen molar-refractivity contribution in [1.29, 1.82) is 0 Å². The number of benzene rings is 1. The summed E-state index contributed by atoms with van der Waals surface area (Å²) in [6.45, 7) is 4.38. The second kappa shape index (κ2) is 8.59. The summed E-state index contributed by atoms with van der Waals surface area (Å²) in [7, 11) is 0. The van der Waals surface area contributed by atoms with Crippen LogP contribution in [0.4, 0.5) is 11.5 Å². The minimum absolute atomic E-state index is 0.00807. The fourth-order valence-corrected chi connectivity index (χ4v) is 4.12. The lowest BCUT2D eigenvalue weighted by atomic mass is 9.95. The quantitative estimate of drug-likeness (QED) is 0.845. The average molecular weight is 393 g/mol. The number of piperidine rings is 1. The van der Waals surface area contributed by atoms with Gasteiger partial charge in [0.15, 0.2) is 0 Å². The zero-order valence-corrected chi connectivity index (χ0v) is 16.8. The lowest BCUT2D eigenvalue weighted by molar-refractivity contribution is -0.126. The summed E-state index contributed by atoms with van der Waals surface area (Å²) < 4.78 is 0. The van der Waals surface area contributed by atoms with Crippen LogP contribution in [0.15, 0.2) is 42.9 Å². The Morgan fingerprint density at radius 1 is 1.21 bits per heavy atom. The zero-order chi connectivity index (χ0) is 20.2. The minimum atomic E-state index is -0.0989. The number of rotatable bonds is 5. The highest BCUT2D eigenvalue weighted by atomic mass is 16.2. The Bertz CT molecular complexity index is 865. The van der Waals surface area contributed by atoms with E-state index in [9.17, 15) is 9.59 Å². The van der Waals surface area contributed by atoms with Crippen molar-refractivity contribution in [3.8, 4) is 0 Å². The molecule has 3 heterocycles. The Balaban J connectivity index is 1.34. The van der Waals surface area contributed by atoms with Gasteiger partial charge < -0.3 is 15.1 Å². The molecular weight excluding hydrogens is 366 g/mol. The SMILES string of the molecule is CC(NC(=O)C1CCN(c2cnccn2)CC1)c1cccc(N2CCCC2=O)c1. The molecule has 2 aromatic rings. The maximum absolute atomic E-state index is 12.8. The van der Waals surface area contributed by atoms with E-state index in [2.05, 4.69) is 20.2 Å². The van der Waals surface area contributed by atoms with Gasteiger partial charge in [-0.05, 0) is 43.9 Å². The highest BCUT2D eigenvalue weighted by Gasteiger charge is 2.27. The molecule has 7 nitrogen and oxygen atoms in total. The molecule has 2 aliphatic heterocycles. The molecular formula is C22H27N5O2. The number of hydrogen-bond donors (Lipinski definition) is 1. The van der Waals surface area contributed by atoms with E-state index in [0.717, 1.165) is 56.0 Å². The van der Waals surface area contributed by atoms with Crippen LogP contribution < -0.4 is 15.1 Å². The molecule has 2 saturated heterocycles. The fraction of sp³-hybridized carbons (Fsp3) is 0.455. The van der Waals surface area contributed by atoms with Crippen molar-refractivity contribution >= 4 is 23.3 Å². The Morgan fingerprint density at radius 2 is 2.03 bits per heavy atom. The minimum Gasteiger partial charge on any atom is -0.355 e. The number of carbonyl (C=O) groups is 2. The van der Waals surface area contributed by atoms with Crippen molar-refractivity contribution in [2.45, 2.75) is 38.6 Å². The topological polar surface area (TPSA) is 78.4 Å². The van der Waals surface area contributed by atoms with Gasteiger partial charge in [-0.25, -0.2) is 4.98 Å². The standard InChI is InChI=1S/C22H27N5O2/c1-16(18-4-2-5-19(14-18)27-11-3-6-21(27)28)25-22(29)17-7-12-26(13-8-17)20-15-23-9-10-24-20/h2,4-5,9-10,14-17H,3,6-8,11-13H2,1H3,(H,25,29). The summed E-state index contributed by atoms with van der Waals surface area (Å²) in [5.41, 5.74) is 1.94. The maximum atomic E-state index is 12.8. The number of carbonyl (C=O) groups excluding carboxylic acids is 2.